The summed E-state index contributed by atoms with van der Waals surface area (Å²) >= 11 is 0. The molecule has 5 nitrogen and oxygen atoms in total. The second kappa shape index (κ2) is 4.73. The number of sulfone groups is 1. The molecule has 0 bridgehead atoms. The van der Waals surface area contributed by atoms with E-state index in [2.05, 4.69) is 4.98 Å². The van der Waals surface area contributed by atoms with Crippen LogP contribution < -0.4 is 0 Å². The topological polar surface area (TPSA) is 77.2 Å². The minimum atomic E-state index is -3.65. The van der Waals surface area contributed by atoms with Crippen molar-refractivity contribution in [3.8, 4) is 0 Å². The van der Waals surface area contributed by atoms with E-state index >= 15 is 0 Å². The number of nitrogens with zero attached hydrogens (tertiary/aromatic N) is 1. The number of furan rings is 1. The van der Waals surface area contributed by atoms with Crippen molar-refractivity contribution in [1.82, 2.24) is 4.98 Å². The average Bonchev–Trinajstić information content (AvgIpc) is 2.77. The maximum absolute atomic E-state index is 11.9. The quantitative estimate of drug-likeness (QED) is 0.785. The molecular weight excluding hydrogens is 254 g/mol. The molecule has 0 unspecified atom stereocenters. The zero-order valence-electron chi connectivity index (χ0n) is 9.66. The maximum Gasteiger partial charge on any atom is 0.213 e. The van der Waals surface area contributed by atoms with Crippen LogP contribution in [0.25, 0.3) is 0 Å². The fraction of sp³-hybridized carbons (Fsp3) is 0.167. The van der Waals surface area contributed by atoms with Gasteiger partial charge in [-0.25, -0.2) is 8.42 Å². The van der Waals surface area contributed by atoms with Crippen molar-refractivity contribution in [1.29, 1.82) is 0 Å². The van der Waals surface area contributed by atoms with Gasteiger partial charge in [-0.1, -0.05) is 0 Å². The van der Waals surface area contributed by atoms with Gasteiger partial charge in [-0.05, 0) is 31.2 Å². The number of pyridine rings is 1. The summed E-state index contributed by atoms with van der Waals surface area (Å²) in [6, 6.07) is 5.80. The monoisotopic (exact) mass is 265 g/mol. The van der Waals surface area contributed by atoms with Gasteiger partial charge in [0.15, 0.2) is 15.6 Å². The lowest BCUT2D eigenvalue weighted by atomic mass is 10.3. The molecule has 0 atom stereocenters. The van der Waals surface area contributed by atoms with E-state index in [9.17, 15) is 13.2 Å². The molecule has 18 heavy (non-hydrogen) atoms. The van der Waals surface area contributed by atoms with Gasteiger partial charge in [0.2, 0.25) is 5.78 Å². The van der Waals surface area contributed by atoms with Gasteiger partial charge in [-0.3, -0.25) is 9.78 Å². The van der Waals surface area contributed by atoms with Crippen molar-refractivity contribution in [3.05, 3.63) is 48.2 Å². The number of aryl methyl sites for hydroxylation is 1. The molecule has 6 heteroatoms. The number of rotatable bonds is 4. The highest BCUT2D eigenvalue weighted by atomic mass is 32.2. The number of aromatic nitrogens is 1. The van der Waals surface area contributed by atoms with Crippen LogP contribution in [0.2, 0.25) is 0 Å². The molecule has 2 aromatic rings. The Kier molecular flexibility index (Phi) is 3.29. The van der Waals surface area contributed by atoms with Crippen molar-refractivity contribution in [2.45, 2.75) is 11.8 Å². The van der Waals surface area contributed by atoms with E-state index in [1.165, 1.54) is 30.6 Å². The molecule has 0 radical (unpaired) electrons. The van der Waals surface area contributed by atoms with Crippen LogP contribution in [-0.2, 0) is 9.84 Å². The summed E-state index contributed by atoms with van der Waals surface area (Å²) < 4.78 is 29.0. The third-order valence-electron chi connectivity index (χ3n) is 2.35. The van der Waals surface area contributed by atoms with E-state index in [0.29, 0.717) is 5.76 Å². The van der Waals surface area contributed by atoms with Gasteiger partial charge < -0.3 is 4.42 Å². The minimum absolute atomic E-state index is 0.0603. The van der Waals surface area contributed by atoms with Gasteiger partial charge in [0.05, 0.1) is 4.90 Å². The number of carbonyl (C=O) groups is 1. The lowest BCUT2D eigenvalue weighted by Crippen LogP contribution is -2.16. The summed E-state index contributed by atoms with van der Waals surface area (Å²) in [4.78, 5) is 15.6. The van der Waals surface area contributed by atoms with Crippen LogP contribution >= 0.6 is 0 Å². The average molecular weight is 265 g/mol. The van der Waals surface area contributed by atoms with E-state index in [1.54, 1.807) is 13.0 Å². The van der Waals surface area contributed by atoms with Crippen LogP contribution in [0.1, 0.15) is 16.3 Å². The Bertz CT molecular complexity index is 658. The largest absolute Gasteiger partial charge is 0.458 e. The predicted molar refractivity (Wildman–Crippen MR) is 64.1 cm³/mol. The lowest BCUT2D eigenvalue weighted by molar-refractivity contribution is 0.0989. The number of hydrogen-bond donors (Lipinski definition) is 0. The molecule has 2 aromatic heterocycles. The van der Waals surface area contributed by atoms with E-state index < -0.39 is 21.4 Å². The van der Waals surface area contributed by atoms with Gasteiger partial charge in [0.1, 0.15) is 11.5 Å². The Morgan fingerprint density at radius 3 is 2.44 bits per heavy atom. The summed E-state index contributed by atoms with van der Waals surface area (Å²) in [5, 5.41) is 0. The van der Waals surface area contributed by atoms with Gasteiger partial charge in [-0.2, -0.15) is 0 Å². The smallest absolute Gasteiger partial charge is 0.213 e. The van der Waals surface area contributed by atoms with E-state index in [0.717, 1.165) is 0 Å². The molecule has 0 saturated heterocycles. The first-order chi connectivity index (χ1) is 8.49. The first-order valence-electron chi connectivity index (χ1n) is 5.21. The van der Waals surface area contributed by atoms with Crippen molar-refractivity contribution in [2.75, 3.05) is 5.75 Å². The van der Waals surface area contributed by atoms with Gasteiger partial charge in [-0.15, -0.1) is 0 Å². The van der Waals surface area contributed by atoms with Gasteiger partial charge in [0, 0.05) is 12.4 Å². The molecule has 0 aromatic carbocycles. The highest BCUT2D eigenvalue weighted by molar-refractivity contribution is 7.92. The third kappa shape index (κ3) is 2.65. The lowest BCUT2D eigenvalue weighted by Gasteiger charge is -2.01. The molecular formula is C12H11NO4S. The van der Waals surface area contributed by atoms with E-state index in [1.807, 2.05) is 0 Å². The molecule has 2 rings (SSSR count). The van der Waals surface area contributed by atoms with Crippen LogP contribution in [0.15, 0.2) is 46.0 Å². The second-order valence-electron chi connectivity index (χ2n) is 3.78. The summed E-state index contributed by atoms with van der Waals surface area (Å²) in [7, 11) is -3.65. The van der Waals surface area contributed by atoms with Crippen LogP contribution in [-0.4, -0.2) is 24.9 Å². The third-order valence-corrected chi connectivity index (χ3v) is 3.98. The van der Waals surface area contributed by atoms with Gasteiger partial charge in [0.25, 0.3) is 0 Å². The Balaban J connectivity index is 2.22. The summed E-state index contributed by atoms with van der Waals surface area (Å²) in [6.45, 7) is 1.69. The Hall–Kier alpha value is -1.95. The number of hydrogen-bond acceptors (Lipinski definition) is 5. The standard InChI is InChI=1S/C12H11NO4S/c1-9-2-3-12(17-9)11(14)8-18(15,16)10-4-6-13-7-5-10/h2-7H,8H2,1H3. The minimum Gasteiger partial charge on any atom is -0.458 e. The van der Waals surface area contributed by atoms with Crippen molar-refractivity contribution in [2.24, 2.45) is 0 Å². The number of Topliss-reactive ketones (excluding diaryl/α,β-unsaturated/α-hetero) is 1. The zero-order chi connectivity index (χ0) is 13.2. The highest BCUT2D eigenvalue weighted by Gasteiger charge is 2.22. The first-order valence-corrected chi connectivity index (χ1v) is 6.87. The van der Waals surface area contributed by atoms with Crippen LogP contribution in [0.5, 0.6) is 0 Å². The number of ketones is 1. The van der Waals surface area contributed by atoms with E-state index in [-0.39, 0.29) is 10.7 Å². The Labute approximate surface area is 104 Å². The first kappa shape index (κ1) is 12.5. The molecule has 0 aliphatic rings. The molecule has 0 spiro atoms. The summed E-state index contributed by atoms with van der Waals surface area (Å²) in [6.07, 6.45) is 2.74. The maximum atomic E-state index is 11.9. The van der Waals surface area contributed by atoms with Gasteiger partial charge >= 0.3 is 0 Å². The molecule has 94 valence electrons. The predicted octanol–water partition coefficient (Wildman–Crippen LogP) is 1.64. The fourth-order valence-electron chi connectivity index (χ4n) is 1.46. The Morgan fingerprint density at radius 2 is 1.89 bits per heavy atom. The molecule has 0 fully saturated rings. The van der Waals surface area contributed by atoms with Crippen LogP contribution in [0.4, 0.5) is 0 Å². The molecule has 0 amide bonds. The highest BCUT2D eigenvalue weighted by Crippen LogP contribution is 2.13. The molecule has 0 aliphatic heterocycles. The summed E-state index contributed by atoms with van der Waals surface area (Å²) in [5.41, 5.74) is 0. The van der Waals surface area contributed by atoms with Crippen LogP contribution in [0, 0.1) is 6.92 Å². The molecule has 0 N–H and O–H groups in total. The zero-order valence-corrected chi connectivity index (χ0v) is 10.5. The van der Waals surface area contributed by atoms with Crippen molar-refractivity contribution >= 4 is 15.6 Å². The Morgan fingerprint density at radius 1 is 1.22 bits per heavy atom. The van der Waals surface area contributed by atoms with E-state index in [4.69, 9.17) is 4.42 Å². The van der Waals surface area contributed by atoms with Crippen LogP contribution in [0.3, 0.4) is 0 Å². The van der Waals surface area contributed by atoms with Crippen molar-refractivity contribution in [3.63, 3.8) is 0 Å². The van der Waals surface area contributed by atoms with Crippen molar-refractivity contribution < 1.29 is 17.6 Å². The fourth-order valence-corrected chi connectivity index (χ4v) is 2.65. The normalized spacial score (nSPS) is 11.4. The molecule has 0 aliphatic carbocycles. The second-order valence-corrected chi connectivity index (χ2v) is 5.77. The molecule has 0 saturated carbocycles. The number of carbonyl (C=O) groups excluding carboxylic acids is 1. The SMILES string of the molecule is Cc1ccc(C(=O)CS(=O)(=O)c2ccncc2)o1. The summed E-state index contributed by atoms with van der Waals surface area (Å²) in [5.74, 6) is -0.533. The molecule has 2 heterocycles.